The number of rotatable bonds is 2. The van der Waals surface area contributed by atoms with Crippen LogP contribution in [0.4, 0.5) is 5.69 Å². The summed E-state index contributed by atoms with van der Waals surface area (Å²) in [7, 11) is 0. The quantitative estimate of drug-likeness (QED) is 0.579. The third-order valence-corrected chi connectivity index (χ3v) is 4.62. The predicted octanol–water partition coefficient (Wildman–Crippen LogP) is 4.25. The number of carbonyl (C=O) groups excluding carboxylic acids is 1. The molecule has 0 aliphatic carbocycles. The van der Waals surface area contributed by atoms with Gasteiger partial charge >= 0.3 is 0 Å². The summed E-state index contributed by atoms with van der Waals surface area (Å²) in [5.41, 5.74) is 1.50. The first-order valence-corrected chi connectivity index (χ1v) is 8.11. The number of thioether (sulfide) groups is 1. The van der Waals surface area contributed by atoms with Crippen LogP contribution in [0.25, 0.3) is 6.08 Å². The van der Waals surface area contributed by atoms with Crippen LogP contribution in [0.15, 0.2) is 58.0 Å². The molecule has 0 spiro atoms. The van der Waals surface area contributed by atoms with Crippen molar-refractivity contribution < 1.29 is 4.79 Å². The zero-order valence-corrected chi connectivity index (χ0v) is 13.9. The van der Waals surface area contributed by atoms with Gasteiger partial charge in [0.1, 0.15) is 0 Å². The Morgan fingerprint density at radius 3 is 2.81 bits per heavy atom. The van der Waals surface area contributed by atoms with Gasteiger partial charge in [0.25, 0.3) is 5.91 Å². The van der Waals surface area contributed by atoms with Crippen molar-refractivity contribution in [2.75, 3.05) is 4.90 Å². The van der Waals surface area contributed by atoms with Crippen LogP contribution in [0.5, 0.6) is 0 Å². The lowest BCUT2D eigenvalue weighted by atomic mass is 10.2. The topological polar surface area (TPSA) is 33.2 Å². The number of benzene rings is 1. The summed E-state index contributed by atoms with van der Waals surface area (Å²) in [6.45, 7) is 0. The molecular formula is C15H9BrN2OS2. The average Bonchev–Trinajstić information content (AvgIpc) is 2.74. The van der Waals surface area contributed by atoms with Crippen LogP contribution in [-0.2, 0) is 4.79 Å². The zero-order valence-electron chi connectivity index (χ0n) is 10.7. The molecule has 1 aromatic heterocycles. The van der Waals surface area contributed by atoms with Gasteiger partial charge in [0, 0.05) is 10.7 Å². The van der Waals surface area contributed by atoms with Crippen LogP contribution >= 0.6 is 39.9 Å². The van der Waals surface area contributed by atoms with Gasteiger partial charge in [0.15, 0.2) is 4.32 Å². The minimum absolute atomic E-state index is 0.117. The fraction of sp³-hybridized carbons (Fsp3) is 0. The minimum atomic E-state index is -0.117. The molecule has 0 unspecified atom stereocenters. The van der Waals surface area contributed by atoms with Crippen LogP contribution in [0.3, 0.4) is 0 Å². The molecule has 1 amide bonds. The van der Waals surface area contributed by atoms with Crippen LogP contribution < -0.4 is 4.90 Å². The summed E-state index contributed by atoms with van der Waals surface area (Å²) in [6.07, 6.45) is 3.46. The number of amides is 1. The number of nitrogens with zero attached hydrogens (tertiary/aromatic N) is 2. The van der Waals surface area contributed by atoms with Gasteiger partial charge in [0.05, 0.1) is 16.3 Å². The van der Waals surface area contributed by atoms with E-state index in [9.17, 15) is 4.79 Å². The van der Waals surface area contributed by atoms with Crippen LogP contribution in [-0.4, -0.2) is 15.2 Å². The number of carbonyl (C=O) groups is 1. The highest BCUT2D eigenvalue weighted by Gasteiger charge is 2.33. The molecule has 1 fully saturated rings. The molecule has 1 saturated heterocycles. The van der Waals surface area contributed by atoms with E-state index in [0.717, 1.165) is 15.9 Å². The zero-order chi connectivity index (χ0) is 14.8. The molecule has 2 heterocycles. The van der Waals surface area contributed by atoms with E-state index in [1.807, 2.05) is 42.5 Å². The highest BCUT2D eigenvalue weighted by Crippen LogP contribution is 2.36. The number of hydrogen-bond donors (Lipinski definition) is 0. The van der Waals surface area contributed by atoms with Crippen LogP contribution in [0.2, 0.25) is 0 Å². The van der Waals surface area contributed by atoms with Crippen LogP contribution in [0.1, 0.15) is 5.69 Å². The van der Waals surface area contributed by atoms with Gasteiger partial charge in [-0.2, -0.15) is 0 Å². The Labute approximate surface area is 140 Å². The maximum Gasteiger partial charge on any atom is 0.270 e. The number of halogens is 1. The Hall–Kier alpha value is -1.50. The van der Waals surface area contributed by atoms with E-state index in [2.05, 4.69) is 20.9 Å². The Morgan fingerprint density at radius 1 is 1.24 bits per heavy atom. The van der Waals surface area contributed by atoms with Crippen molar-refractivity contribution in [2.24, 2.45) is 0 Å². The van der Waals surface area contributed by atoms with E-state index < -0.39 is 0 Å². The van der Waals surface area contributed by atoms with Crippen molar-refractivity contribution in [1.82, 2.24) is 4.98 Å². The molecule has 0 saturated carbocycles. The predicted molar refractivity (Wildman–Crippen MR) is 94.0 cm³/mol. The summed E-state index contributed by atoms with van der Waals surface area (Å²) in [4.78, 5) is 18.9. The number of hydrogen-bond acceptors (Lipinski definition) is 4. The molecule has 3 rings (SSSR count). The second kappa shape index (κ2) is 6.09. The lowest BCUT2D eigenvalue weighted by Gasteiger charge is -2.14. The average molecular weight is 377 g/mol. The van der Waals surface area contributed by atoms with E-state index in [1.54, 1.807) is 17.2 Å². The van der Waals surface area contributed by atoms with Crippen molar-refractivity contribution in [3.05, 3.63) is 63.7 Å². The second-order valence-corrected chi connectivity index (χ2v) is 6.84. The highest BCUT2D eigenvalue weighted by atomic mass is 79.9. The third kappa shape index (κ3) is 3.07. The molecule has 104 valence electrons. The number of thiocarbonyl (C=S) groups is 1. The maximum absolute atomic E-state index is 12.5. The van der Waals surface area contributed by atoms with Crippen molar-refractivity contribution in [3.8, 4) is 0 Å². The molecule has 0 atom stereocenters. The maximum atomic E-state index is 12.5. The molecule has 0 N–H and O–H groups in total. The number of anilines is 1. The molecule has 21 heavy (non-hydrogen) atoms. The fourth-order valence-corrected chi connectivity index (χ4v) is 3.57. The van der Waals surface area contributed by atoms with Gasteiger partial charge < -0.3 is 0 Å². The van der Waals surface area contributed by atoms with E-state index in [4.69, 9.17) is 12.2 Å². The molecule has 2 aromatic rings. The SMILES string of the molecule is O=C1/C(=C/c2ccccn2)SC(=S)N1c1cccc(Br)c1. The van der Waals surface area contributed by atoms with E-state index >= 15 is 0 Å². The minimum Gasteiger partial charge on any atom is -0.268 e. The molecule has 1 aliphatic rings. The van der Waals surface area contributed by atoms with E-state index in [0.29, 0.717) is 9.23 Å². The lowest BCUT2D eigenvalue weighted by molar-refractivity contribution is -0.113. The molecular weight excluding hydrogens is 368 g/mol. The molecule has 0 radical (unpaired) electrons. The second-order valence-electron chi connectivity index (χ2n) is 4.25. The summed E-state index contributed by atoms with van der Waals surface area (Å²) in [6, 6.07) is 13.1. The molecule has 0 bridgehead atoms. The highest BCUT2D eigenvalue weighted by molar-refractivity contribution is 9.10. The number of aromatic nitrogens is 1. The van der Waals surface area contributed by atoms with Gasteiger partial charge in [-0.15, -0.1) is 0 Å². The van der Waals surface area contributed by atoms with Gasteiger partial charge in [0.2, 0.25) is 0 Å². The van der Waals surface area contributed by atoms with Crippen molar-refractivity contribution in [3.63, 3.8) is 0 Å². The van der Waals surface area contributed by atoms with Crippen LogP contribution in [0, 0.1) is 0 Å². The first-order valence-electron chi connectivity index (χ1n) is 6.10. The summed E-state index contributed by atoms with van der Waals surface area (Å²) in [5, 5.41) is 0. The standard InChI is InChI=1S/C15H9BrN2OS2/c16-10-4-3-6-12(8-10)18-14(19)13(21-15(18)20)9-11-5-1-2-7-17-11/h1-9H/b13-9-. The Balaban J connectivity index is 1.94. The molecule has 1 aliphatic heterocycles. The Kier molecular flexibility index (Phi) is 4.19. The smallest absolute Gasteiger partial charge is 0.268 e. The third-order valence-electron chi connectivity index (χ3n) is 2.83. The summed E-state index contributed by atoms with van der Waals surface area (Å²) in [5.74, 6) is -0.117. The largest absolute Gasteiger partial charge is 0.270 e. The Bertz CT molecular complexity index is 746. The van der Waals surface area contributed by atoms with Gasteiger partial charge in [-0.1, -0.05) is 52.0 Å². The van der Waals surface area contributed by atoms with Gasteiger partial charge in [-0.25, -0.2) is 0 Å². The fourth-order valence-electron chi connectivity index (χ4n) is 1.90. The first-order chi connectivity index (χ1) is 10.1. The Morgan fingerprint density at radius 2 is 2.10 bits per heavy atom. The molecule has 1 aromatic carbocycles. The lowest BCUT2D eigenvalue weighted by Crippen LogP contribution is -2.27. The summed E-state index contributed by atoms with van der Waals surface area (Å²) >= 11 is 10.0. The van der Waals surface area contributed by atoms with Crippen molar-refractivity contribution in [1.29, 1.82) is 0 Å². The monoisotopic (exact) mass is 376 g/mol. The summed E-state index contributed by atoms with van der Waals surface area (Å²) < 4.78 is 1.43. The normalized spacial score (nSPS) is 16.8. The van der Waals surface area contributed by atoms with Gasteiger partial charge in [-0.05, 0) is 36.4 Å². The molecule has 6 heteroatoms. The van der Waals surface area contributed by atoms with E-state index in [-0.39, 0.29) is 5.91 Å². The molecule has 3 nitrogen and oxygen atoms in total. The van der Waals surface area contributed by atoms with Crippen molar-refractivity contribution >= 4 is 61.9 Å². The van der Waals surface area contributed by atoms with Gasteiger partial charge in [-0.3, -0.25) is 14.7 Å². The van der Waals surface area contributed by atoms with E-state index in [1.165, 1.54) is 11.8 Å². The van der Waals surface area contributed by atoms with Crippen molar-refractivity contribution in [2.45, 2.75) is 0 Å². The number of pyridine rings is 1. The first kappa shape index (κ1) is 14.4.